The van der Waals surface area contributed by atoms with E-state index in [1.54, 1.807) is 17.5 Å². The lowest BCUT2D eigenvalue weighted by Crippen LogP contribution is -2.04. The largest absolute Gasteiger partial charge is 0.252 e. The summed E-state index contributed by atoms with van der Waals surface area (Å²) in [6, 6.07) is 4.80. The minimum absolute atomic E-state index is 0.151. The molecule has 0 radical (unpaired) electrons. The molecule has 72 valence electrons. The molecular weight excluding hydrogens is 220 g/mol. The molecule has 14 heavy (non-hydrogen) atoms. The molecule has 0 aliphatic rings. The normalized spacial score (nSPS) is 11.4. The first-order valence-electron chi connectivity index (χ1n) is 3.77. The van der Waals surface area contributed by atoms with E-state index in [9.17, 15) is 8.42 Å². The van der Waals surface area contributed by atoms with Gasteiger partial charge >= 0.3 is 0 Å². The average Bonchev–Trinajstić information content (AvgIpc) is 2.72. The molecule has 0 aliphatic carbocycles. The smallest absolute Gasteiger partial charge is 0.226 e. The minimum atomic E-state index is -3.50. The van der Waals surface area contributed by atoms with Crippen LogP contribution in [0.15, 0.2) is 45.3 Å². The lowest BCUT2D eigenvalue weighted by atomic mass is 10.7. The van der Waals surface area contributed by atoms with Gasteiger partial charge in [0.05, 0.1) is 0 Å². The second-order valence-electron chi connectivity index (χ2n) is 2.47. The van der Waals surface area contributed by atoms with E-state index in [0.29, 0.717) is 0 Å². The summed E-state index contributed by atoms with van der Waals surface area (Å²) in [7, 11) is -3.50. The molecule has 0 aliphatic heterocycles. The minimum Gasteiger partial charge on any atom is -0.226 e. The third kappa shape index (κ3) is 1.53. The highest BCUT2D eigenvalue weighted by Gasteiger charge is 2.20. The molecule has 0 spiro atoms. The summed E-state index contributed by atoms with van der Waals surface area (Å²) < 4.78 is 23.8. The highest BCUT2D eigenvalue weighted by atomic mass is 32.2. The molecule has 4 nitrogen and oxygen atoms in total. The van der Waals surface area contributed by atoms with Crippen molar-refractivity contribution in [2.24, 2.45) is 0 Å². The molecule has 2 aromatic rings. The van der Waals surface area contributed by atoms with Gasteiger partial charge in [0.1, 0.15) is 4.21 Å². The van der Waals surface area contributed by atoms with Crippen LogP contribution in [0.2, 0.25) is 0 Å². The van der Waals surface area contributed by atoms with Crippen LogP contribution < -0.4 is 0 Å². The van der Waals surface area contributed by atoms with E-state index < -0.39 is 9.84 Å². The number of hydrogen-bond donors (Lipinski definition) is 0. The highest BCUT2D eigenvalue weighted by Crippen LogP contribution is 2.21. The maximum Gasteiger partial charge on any atom is 0.252 e. The number of aromatic nitrogens is 2. The van der Waals surface area contributed by atoms with E-state index in [-0.39, 0.29) is 9.37 Å². The van der Waals surface area contributed by atoms with Crippen molar-refractivity contribution in [2.75, 3.05) is 0 Å². The Morgan fingerprint density at radius 3 is 2.43 bits per heavy atom. The molecule has 6 heteroatoms. The first-order chi connectivity index (χ1) is 6.71. The molecule has 0 saturated carbocycles. The first kappa shape index (κ1) is 9.29. The van der Waals surface area contributed by atoms with Gasteiger partial charge < -0.3 is 0 Å². The fraction of sp³-hybridized carbons (Fsp3) is 0. The van der Waals surface area contributed by atoms with Gasteiger partial charge in [-0.1, -0.05) is 6.07 Å². The quantitative estimate of drug-likeness (QED) is 0.726. The predicted octanol–water partition coefficient (Wildman–Crippen LogP) is 1.37. The predicted molar refractivity (Wildman–Crippen MR) is 51.8 cm³/mol. The third-order valence-corrected chi connectivity index (χ3v) is 4.51. The Morgan fingerprint density at radius 1 is 1.14 bits per heavy atom. The molecular formula is C8H6N2O2S2. The van der Waals surface area contributed by atoms with E-state index >= 15 is 0 Å². The van der Waals surface area contributed by atoms with Gasteiger partial charge in [0.25, 0.3) is 15.0 Å². The lowest BCUT2D eigenvalue weighted by molar-refractivity contribution is 0.589. The van der Waals surface area contributed by atoms with Crippen LogP contribution >= 0.6 is 11.3 Å². The maximum absolute atomic E-state index is 11.8. The average molecular weight is 226 g/mol. The van der Waals surface area contributed by atoms with Crippen molar-refractivity contribution < 1.29 is 8.42 Å². The molecule has 2 heterocycles. The Balaban J connectivity index is 2.55. The van der Waals surface area contributed by atoms with Crippen LogP contribution in [0.4, 0.5) is 0 Å². The Labute approximate surface area is 85.2 Å². The Bertz CT molecular complexity index is 506. The standard InChI is InChI=1S/C8H6N2O2S2/c11-14(12,7-3-1-6-13-7)8-9-4-2-5-10-8/h1-6H. The van der Waals surface area contributed by atoms with E-state index in [0.717, 1.165) is 11.3 Å². The fourth-order valence-corrected chi connectivity index (χ4v) is 3.11. The van der Waals surface area contributed by atoms with Gasteiger partial charge in [-0.25, -0.2) is 18.4 Å². The monoisotopic (exact) mass is 226 g/mol. The summed E-state index contributed by atoms with van der Waals surface area (Å²) in [5.74, 6) is 0. The topological polar surface area (TPSA) is 59.9 Å². The molecule has 0 N–H and O–H groups in total. The third-order valence-electron chi connectivity index (χ3n) is 1.54. The number of nitrogens with zero attached hydrogens (tertiary/aromatic N) is 2. The summed E-state index contributed by atoms with van der Waals surface area (Å²) in [6.45, 7) is 0. The summed E-state index contributed by atoms with van der Waals surface area (Å²) in [5.41, 5.74) is 0. The van der Waals surface area contributed by atoms with E-state index in [2.05, 4.69) is 9.97 Å². The molecule has 0 atom stereocenters. The van der Waals surface area contributed by atoms with Crippen molar-refractivity contribution >= 4 is 21.2 Å². The van der Waals surface area contributed by atoms with Crippen LogP contribution in [0.1, 0.15) is 0 Å². The molecule has 0 saturated heterocycles. The van der Waals surface area contributed by atoms with Crippen molar-refractivity contribution in [1.29, 1.82) is 0 Å². The fourth-order valence-electron chi connectivity index (χ4n) is 0.931. The molecule has 0 amide bonds. The zero-order valence-electron chi connectivity index (χ0n) is 6.99. The van der Waals surface area contributed by atoms with Gasteiger partial charge in [-0.3, -0.25) is 0 Å². The lowest BCUT2D eigenvalue weighted by Gasteiger charge is -1.97. The second-order valence-corrected chi connectivity index (χ2v) is 5.48. The molecule has 0 bridgehead atoms. The Kier molecular flexibility index (Phi) is 2.30. The van der Waals surface area contributed by atoms with Gasteiger partial charge in [0, 0.05) is 12.4 Å². The number of hydrogen-bond acceptors (Lipinski definition) is 5. The number of thiophene rings is 1. The van der Waals surface area contributed by atoms with Gasteiger partial charge in [-0.2, -0.15) is 0 Å². The molecule has 0 unspecified atom stereocenters. The van der Waals surface area contributed by atoms with Crippen molar-refractivity contribution in [3.63, 3.8) is 0 Å². The first-order valence-corrected chi connectivity index (χ1v) is 6.13. The van der Waals surface area contributed by atoms with Crippen LogP contribution in [-0.4, -0.2) is 18.4 Å². The highest BCUT2D eigenvalue weighted by molar-refractivity contribution is 7.93. The van der Waals surface area contributed by atoms with Crippen molar-refractivity contribution in [3.8, 4) is 0 Å². The zero-order valence-corrected chi connectivity index (χ0v) is 8.62. The van der Waals surface area contributed by atoms with Gasteiger partial charge in [-0.15, -0.1) is 11.3 Å². The van der Waals surface area contributed by atoms with Crippen molar-refractivity contribution in [3.05, 3.63) is 36.0 Å². The summed E-state index contributed by atoms with van der Waals surface area (Å²) in [5, 5.41) is 1.55. The Hall–Kier alpha value is -1.27. The number of sulfone groups is 1. The van der Waals surface area contributed by atoms with E-state index in [4.69, 9.17) is 0 Å². The maximum atomic E-state index is 11.8. The van der Waals surface area contributed by atoms with Gasteiger partial charge in [-0.05, 0) is 17.5 Å². The summed E-state index contributed by atoms with van der Waals surface area (Å²) >= 11 is 1.16. The van der Waals surface area contributed by atoms with Gasteiger partial charge in [0.15, 0.2) is 0 Å². The summed E-state index contributed by atoms with van der Waals surface area (Å²) in [6.07, 6.45) is 2.82. The van der Waals surface area contributed by atoms with Crippen molar-refractivity contribution in [1.82, 2.24) is 9.97 Å². The van der Waals surface area contributed by atoms with Crippen LogP contribution in [0.5, 0.6) is 0 Å². The van der Waals surface area contributed by atoms with Crippen LogP contribution in [0.3, 0.4) is 0 Å². The van der Waals surface area contributed by atoms with E-state index in [1.807, 2.05) is 0 Å². The van der Waals surface area contributed by atoms with Crippen molar-refractivity contribution in [2.45, 2.75) is 9.37 Å². The molecule has 0 fully saturated rings. The van der Waals surface area contributed by atoms with Crippen LogP contribution in [0, 0.1) is 0 Å². The van der Waals surface area contributed by atoms with E-state index in [1.165, 1.54) is 18.5 Å². The van der Waals surface area contributed by atoms with Gasteiger partial charge in [0.2, 0.25) is 0 Å². The summed E-state index contributed by atoms with van der Waals surface area (Å²) in [4.78, 5) is 7.43. The molecule has 0 aromatic carbocycles. The van der Waals surface area contributed by atoms with Crippen LogP contribution in [0.25, 0.3) is 0 Å². The SMILES string of the molecule is O=S(=O)(c1ncccn1)c1cccs1. The second kappa shape index (κ2) is 3.47. The Morgan fingerprint density at radius 2 is 1.86 bits per heavy atom. The van der Waals surface area contributed by atoms with Crippen LogP contribution in [-0.2, 0) is 9.84 Å². The molecule has 2 rings (SSSR count). The molecule has 2 aromatic heterocycles. The zero-order chi connectivity index (χ0) is 10.0. The number of rotatable bonds is 2.